The maximum atomic E-state index is 9.17. The van der Waals surface area contributed by atoms with Crippen molar-refractivity contribution in [2.24, 2.45) is 0 Å². The Bertz CT molecular complexity index is 264. The highest BCUT2D eigenvalue weighted by atomic mass is 16.3. The molecule has 0 aliphatic heterocycles. The van der Waals surface area contributed by atoms with Gasteiger partial charge in [0.15, 0.2) is 0 Å². The number of rotatable bonds is 2. The number of hydrogen-bond donors (Lipinski definition) is 1. The van der Waals surface area contributed by atoms with E-state index in [2.05, 4.69) is 32.9 Å². The predicted molar refractivity (Wildman–Crippen MR) is 62.6 cm³/mol. The minimum Gasteiger partial charge on any atom is -0.395 e. The molecule has 1 N–H and O–H groups in total. The van der Waals surface area contributed by atoms with Gasteiger partial charge in [0.2, 0.25) is 0 Å². The summed E-state index contributed by atoms with van der Waals surface area (Å²) >= 11 is 0. The van der Waals surface area contributed by atoms with Crippen molar-refractivity contribution in [3.8, 4) is 0 Å². The van der Waals surface area contributed by atoms with Crippen molar-refractivity contribution in [3.05, 3.63) is 35.4 Å². The molecule has 0 radical (unpaired) electrons. The Labute approximate surface area is 87.8 Å². The zero-order chi connectivity index (χ0) is 11.2. The van der Waals surface area contributed by atoms with Crippen LogP contribution in [0.15, 0.2) is 24.3 Å². The van der Waals surface area contributed by atoms with Gasteiger partial charge in [0.05, 0.1) is 6.61 Å². The van der Waals surface area contributed by atoms with Crippen LogP contribution in [-0.2, 0) is 5.41 Å². The van der Waals surface area contributed by atoms with Crippen LogP contribution in [0.25, 0.3) is 0 Å². The summed E-state index contributed by atoms with van der Waals surface area (Å²) in [6.07, 6.45) is 0. The van der Waals surface area contributed by atoms with E-state index in [0.717, 1.165) is 0 Å². The Hall–Kier alpha value is -0.820. The standard InChI is InChI=1S/C11H16O.C2H6/c1-9-6-4-5-7-10(9)11(2,3)8-12;1-2/h4-7,12H,8H2,1-3H3;1-2H3. The van der Waals surface area contributed by atoms with E-state index in [-0.39, 0.29) is 12.0 Å². The highest BCUT2D eigenvalue weighted by Gasteiger charge is 2.20. The van der Waals surface area contributed by atoms with E-state index in [1.807, 2.05) is 26.0 Å². The molecule has 0 bridgehead atoms. The molecule has 0 aliphatic rings. The van der Waals surface area contributed by atoms with Crippen molar-refractivity contribution < 1.29 is 5.11 Å². The van der Waals surface area contributed by atoms with E-state index in [1.165, 1.54) is 11.1 Å². The topological polar surface area (TPSA) is 20.2 Å². The Morgan fingerprint density at radius 2 is 1.64 bits per heavy atom. The zero-order valence-corrected chi connectivity index (χ0v) is 9.96. The van der Waals surface area contributed by atoms with Crippen LogP contribution >= 0.6 is 0 Å². The first-order valence-corrected chi connectivity index (χ1v) is 5.25. The fraction of sp³-hybridized carbons (Fsp3) is 0.538. The van der Waals surface area contributed by atoms with E-state index in [9.17, 15) is 5.11 Å². The van der Waals surface area contributed by atoms with Gasteiger partial charge in [-0.2, -0.15) is 0 Å². The van der Waals surface area contributed by atoms with Crippen molar-refractivity contribution in [2.75, 3.05) is 6.61 Å². The molecular weight excluding hydrogens is 172 g/mol. The summed E-state index contributed by atoms with van der Waals surface area (Å²) in [5, 5.41) is 9.17. The van der Waals surface area contributed by atoms with Crippen molar-refractivity contribution in [3.63, 3.8) is 0 Å². The number of aryl methyl sites for hydroxylation is 1. The SMILES string of the molecule is CC.Cc1ccccc1C(C)(C)CO. The molecule has 0 aliphatic carbocycles. The van der Waals surface area contributed by atoms with Crippen LogP contribution in [0.5, 0.6) is 0 Å². The maximum Gasteiger partial charge on any atom is 0.0522 e. The summed E-state index contributed by atoms with van der Waals surface area (Å²) in [6.45, 7) is 10.4. The molecule has 0 atom stereocenters. The molecule has 80 valence electrons. The lowest BCUT2D eigenvalue weighted by atomic mass is 9.83. The molecule has 0 spiro atoms. The second kappa shape index (κ2) is 5.82. The summed E-state index contributed by atoms with van der Waals surface area (Å²) in [4.78, 5) is 0. The Morgan fingerprint density at radius 3 is 2.07 bits per heavy atom. The third-order valence-corrected chi connectivity index (χ3v) is 2.27. The van der Waals surface area contributed by atoms with Gasteiger partial charge in [-0.1, -0.05) is 52.0 Å². The summed E-state index contributed by atoms with van der Waals surface area (Å²) in [5.41, 5.74) is 2.36. The Morgan fingerprint density at radius 1 is 1.14 bits per heavy atom. The number of hydrogen-bond acceptors (Lipinski definition) is 1. The highest BCUT2D eigenvalue weighted by Crippen LogP contribution is 2.24. The average Bonchev–Trinajstić information content (AvgIpc) is 2.21. The van der Waals surface area contributed by atoms with Gasteiger partial charge in [-0.05, 0) is 18.1 Å². The molecular formula is C13H22O. The minimum absolute atomic E-state index is 0.120. The second-order valence-corrected chi connectivity index (χ2v) is 3.86. The van der Waals surface area contributed by atoms with Gasteiger partial charge in [0.1, 0.15) is 0 Å². The average molecular weight is 194 g/mol. The Balaban J connectivity index is 0.000000791. The fourth-order valence-corrected chi connectivity index (χ4v) is 1.42. The van der Waals surface area contributed by atoms with E-state index in [1.54, 1.807) is 0 Å². The molecule has 0 heterocycles. The fourth-order valence-electron chi connectivity index (χ4n) is 1.42. The molecule has 0 fully saturated rings. The molecule has 0 saturated carbocycles. The molecule has 0 unspecified atom stereocenters. The second-order valence-electron chi connectivity index (χ2n) is 3.86. The van der Waals surface area contributed by atoms with E-state index in [0.29, 0.717) is 0 Å². The van der Waals surface area contributed by atoms with Crippen LogP contribution in [0.1, 0.15) is 38.8 Å². The lowest BCUT2D eigenvalue weighted by molar-refractivity contribution is 0.218. The van der Waals surface area contributed by atoms with E-state index >= 15 is 0 Å². The first kappa shape index (κ1) is 13.2. The number of benzene rings is 1. The monoisotopic (exact) mass is 194 g/mol. The van der Waals surface area contributed by atoms with Gasteiger partial charge in [0, 0.05) is 5.41 Å². The third kappa shape index (κ3) is 3.15. The van der Waals surface area contributed by atoms with E-state index in [4.69, 9.17) is 0 Å². The molecule has 14 heavy (non-hydrogen) atoms. The van der Waals surface area contributed by atoms with Crippen molar-refractivity contribution in [2.45, 2.75) is 40.0 Å². The third-order valence-electron chi connectivity index (χ3n) is 2.27. The van der Waals surface area contributed by atoms with Gasteiger partial charge in [-0.25, -0.2) is 0 Å². The zero-order valence-electron chi connectivity index (χ0n) is 9.96. The molecule has 0 amide bonds. The van der Waals surface area contributed by atoms with Gasteiger partial charge in [0.25, 0.3) is 0 Å². The smallest absolute Gasteiger partial charge is 0.0522 e. The number of aliphatic hydroxyl groups is 1. The van der Waals surface area contributed by atoms with Crippen LogP contribution in [0.2, 0.25) is 0 Å². The maximum absolute atomic E-state index is 9.17. The summed E-state index contributed by atoms with van der Waals surface area (Å²) < 4.78 is 0. The predicted octanol–water partition coefficient (Wildman–Crippen LogP) is 3.29. The Kier molecular flexibility index (Phi) is 5.47. The number of aliphatic hydroxyl groups excluding tert-OH is 1. The van der Waals surface area contributed by atoms with Gasteiger partial charge in [-0.3, -0.25) is 0 Å². The van der Waals surface area contributed by atoms with Crippen molar-refractivity contribution in [1.29, 1.82) is 0 Å². The van der Waals surface area contributed by atoms with Gasteiger partial charge >= 0.3 is 0 Å². The first-order valence-electron chi connectivity index (χ1n) is 5.25. The molecule has 0 aromatic heterocycles. The summed E-state index contributed by atoms with van der Waals surface area (Å²) in [5.74, 6) is 0. The molecule has 1 aromatic carbocycles. The minimum atomic E-state index is -0.120. The molecule has 1 nitrogen and oxygen atoms in total. The quantitative estimate of drug-likeness (QED) is 0.766. The van der Waals surface area contributed by atoms with Gasteiger partial charge < -0.3 is 5.11 Å². The largest absolute Gasteiger partial charge is 0.395 e. The molecule has 0 saturated heterocycles. The summed E-state index contributed by atoms with van der Waals surface area (Å²) in [6, 6.07) is 8.18. The highest BCUT2D eigenvalue weighted by molar-refractivity contribution is 5.32. The molecule has 1 aromatic rings. The molecule has 1 rings (SSSR count). The van der Waals surface area contributed by atoms with Crippen LogP contribution in [-0.4, -0.2) is 11.7 Å². The lowest BCUT2D eigenvalue weighted by Crippen LogP contribution is -2.23. The lowest BCUT2D eigenvalue weighted by Gasteiger charge is -2.24. The van der Waals surface area contributed by atoms with Crippen LogP contribution in [0.4, 0.5) is 0 Å². The van der Waals surface area contributed by atoms with Gasteiger partial charge in [-0.15, -0.1) is 0 Å². The summed E-state index contributed by atoms with van der Waals surface area (Å²) in [7, 11) is 0. The first-order chi connectivity index (χ1) is 6.58. The van der Waals surface area contributed by atoms with E-state index < -0.39 is 0 Å². The normalized spacial score (nSPS) is 10.4. The van der Waals surface area contributed by atoms with Crippen LogP contribution in [0.3, 0.4) is 0 Å². The van der Waals surface area contributed by atoms with Crippen LogP contribution < -0.4 is 0 Å². The molecule has 1 heteroatoms. The van der Waals surface area contributed by atoms with Crippen LogP contribution in [0, 0.1) is 6.92 Å². The van der Waals surface area contributed by atoms with Crippen molar-refractivity contribution >= 4 is 0 Å². The van der Waals surface area contributed by atoms with Crippen molar-refractivity contribution in [1.82, 2.24) is 0 Å².